The molecule has 1 aliphatic heterocycles. The summed E-state index contributed by atoms with van der Waals surface area (Å²) in [5, 5.41) is 0. The zero-order chi connectivity index (χ0) is 14.8. The smallest absolute Gasteiger partial charge is 0.226 e. The molecule has 3 nitrogen and oxygen atoms in total. The van der Waals surface area contributed by atoms with Gasteiger partial charge in [-0.25, -0.2) is 0 Å². The number of hydrogen-bond acceptors (Lipinski definition) is 2. The number of nitrogens with zero attached hydrogens (tertiary/aromatic N) is 1. The zero-order valence-electron chi connectivity index (χ0n) is 13.0. The second kappa shape index (κ2) is 6.08. The molecule has 0 aromatic heterocycles. The van der Waals surface area contributed by atoms with Gasteiger partial charge in [0.25, 0.3) is 0 Å². The van der Waals surface area contributed by atoms with Crippen LogP contribution >= 0.6 is 0 Å². The number of methoxy groups -OCH3 is 1. The van der Waals surface area contributed by atoms with Crippen molar-refractivity contribution in [3.8, 4) is 5.75 Å². The van der Waals surface area contributed by atoms with Crippen LogP contribution in [0.15, 0.2) is 24.3 Å². The van der Waals surface area contributed by atoms with Crippen LogP contribution in [-0.4, -0.2) is 30.5 Å². The van der Waals surface area contributed by atoms with Gasteiger partial charge < -0.3 is 9.64 Å². The molecule has 3 rings (SSSR count). The third-order valence-electron chi connectivity index (χ3n) is 5.03. The Balaban J connectivity index is 1.64. The summed E-state index contributed by atoms with van der Waals surface area (Å²) in [6.07, 6.45) is 5.73. The second-order valence-electron chi connectivity index (χ2n) is 6.31. The van der Waals surface area contributed by atoms with E-state index in [1.807, 2.05) is 12.1 Å². The van der Waals surface area contributed by atoms with E-state index in [4.69, 9.17) is 4.74 Å². The second-order valence-corrected chi connectivity index (χ2v) is 6.31. The summed E-state index contributed by atoms with van der Waals surface area (Å²) in [4.78, 5) is 14.9. The Morgan fingerprint density at radius 1 is 1.29 bits per heavy atom. The molecule has 3 atom stereocenters. The minimum Gasteiger partial charge on any atom is -0.497 e. The maximum atomic E-state index is 12.7. The number of rotatable bonds is 4. The van der Waals surface area contributed by atoms with E-state index in [9.17, 15) is 4.79 Å². The summed E-state index contributed by atoms with van der Waals surface area (Å²) in [7, 11) is 1.68. The maximum Gasteiger partial charge on any atom is 0.226 e. The van der Waals surface area contributed by atoms with E-state index in [0.717, 1.165) is 25.1 Å². The normalized spacial score (nSPS) is 28.3. The number of piperidine rings is 1. The number of likely N-dealkylation sites (tertiary alicyclic amines) is 1. The van der Waals surface area contributed by atoms with Gasteiger partial charge in [0.05, 0.1) is 7.11 Å². The summed E-state index contributed by atoms with van der Waals surface area (Å²) in [5.74, 6) is 1.90. The molecule has 2 aliphatic rings. The fourth-order valence-corrected chi connectivity index (χ4v) is 3.62. The Bertz CT molecular complexity index is 496. The summed E-state index contributed by atoms with van der Waals surface area (Å²) in [6.45, 7) is 3.16. The molecule has 1 saturated carbocycles. The molecule has 3 unspecified atom stereocenters. The molecule has 3 heteroatoms. The highest BCUT2D eigenvalue weighted by Crippen LogP contribution is 2.49. The predicted octanol–water partition coefficient (Wildman–Crippen LogP) is 3.59. The van der Waals surface area contributed by atoms with Crippen LogP contribution in [0, 0.1) is 5.92 Å². The molecule has 1 aliphatic carbocycles. The molecule has 0 N–H and O–H groups in total. The average molecular weight is 287 g/mol. The molecule has 0 radical (unpaired) electrons. The van der Waals surface area contributed by atoms with E-state index in [1.54, 1.807) is 7.11 Å². The fourth-order valence-electron chi connectivity index (χ4n) is 3.62. The number of carbonyl (C=O) groups is 1. The van der Waals surface area contributed by atoms with Crippen molar-refractivity contribution < 1.29 is 9.53 Å². The Morgan fingerprint density at radius 2 is 2.05 bits per heavy atom. The minimum atomic E-state index is 0.213. The molecule has 2 fully saturated rings. The topological polar surface area (TPSA) is 29.5 Å². The number of carbonyl (C=O) groups excluding carboxylic acids is 1. The van der Waals surface area contributed by atoms with Gasteiger partial charge in [-0.15, -0.1) is 0 Å². The van der Waals surface area contributed by atoms with Crippen LogP contribution in [-0.2, 0) is 4.79 Å². The lowest BCUT2D eigenvalue weighted by Gasteiger charge is -2.35. The lowest BCUT2D eigenvalue weighted by atomic mass is 9.99. The van der Waals surface area contributed by atoms with Gasteiger partial charge >= 0.3 is 0 Å². The number of benzene rings is 1. The van der Waals surface area contributed by atoms with E-state index < -0.39 is 0 Å². The predicted molar refractivity (Wildman–Crippen MR) is 83.5 cm³/mol. The van der Waals surface area contributed by atoms with Gasteiger partial charge in [-0.1, -0.05) is 19.1 Å². The molecule has 0 spiro atoms. The third-order valence-corrected chi connectivity index (χ3v) is 5.03. The van der Waals surface area contributed by atoms with Gasteiger partial charge in [0.15, 0.2) is 0 Å². The molecule has 0 bridgehead atoms. The SMILES string of the molecule is CCC1CCCCN1C(=O)C1CC1c1ccc(OC)cc1. The van der Waals surface area contributed by atoms with E-state index in [-0.39, 0.29) is 5.92 Å². The summed E-state index contributed by atoms with van der Waals surface area (Å²) < 4.78 is 5.19. The summed E-state index contributed by atoms with van der Waals surface area (Å²) in [6, 6.07) is 8.66. The van der Waals surface area contributed by atoms with Crippen molar-refractivity contribution in [3.05, 3.63) is 29.8 Å². The van der Waals surface area contributed by atoms with Crippen LogP contribution in [0.5, 0.6) is 5.75 Å². The van der Waals surface area contributed by atoms with Crippen molar-refractivity contribution in [2.24, 2.45) is 5.92 Å². The third kappa shape index (κ3) is 2.92. The van der Waals surface area contributed by atoms with Gasteiger partial charge in [0.2, 0.25) is 5.91 Å². The highest BCUT2D eigenvalue weighted by atomic mass is 16.5. The van der Waals surface area contributed by atoms with Gasteiger partial charge in [-0.05, 0) is 55.7 Å². The molecular formula is C18H25NO2. The number of hydrogen-bond donors (Lipinski definition) is 0. The lowest BCUT2D eigenvalue weighted by molar-refractivity contribution is -0.136. The van der Waals surface area contributed by atoms with Gasteiger partial charge in [-0.2, -0.15) is 0 Å². The molecule has 1 amide bonds. The fraction of sp³-hybridized carbons (Fsp3) is 0.611. The van der Waals surface area contributed by atoms with E-state index in [2.05, 4.69) is 24.0 Å². The summed E-state index contributed by atoms with van der Waals surface area (Å²) >= 11 is 0. The first kappa shape index (κ1) is 14.4. The van der Waals surface area contributed by atoms with Gasteiger partial charge in [-0.3, -0.25) is 4.79 Å². The first-order chi connectivity index (χ1) is 10.2. The van der Waals surface area contributed by atoms with Crippen molar-refractivity contribution in [1.29, 1.82) is 0 Å². The molecule has 114 valence electrons. The van der Waals surface area contributed by atoms with Crippen LogP contribution in [0.3, 0.4) is 0 Å². The highest BCUT2D eigenvalue weighted by Gasteiger charge is 2.46. The van der Waals surface area contributed by atoms with Gasteiger partial charge in [0.1, 0.15) is 5.75 Å². The van der Waals surface area contributed by atoms with Crippen LogP contribution in [0.4, 0.5) is 0 Å². The minimum absolute atomic E-state index is 0.213. The first-order valence-electron chi connectivity index (χ1n) is 8.19. The Hall–Kier alpha value is -1.51. The van der Waals surface area contributed by atoms with Crippen LogP contribution in [0.1, 0.15) is 50.5 Å². The highest BCUT2D eigenvalue weighted by molar-refractivity contribution is 5.83. The standard InChI is InChI=1S/C18H25NO2/c1-3-14-6-4-5-11-19(14)18(20)17-12-16(17)13-7-9-15(21-2)10-8-13/h7-10,14,16-17H,3-6,11-12H2,1-2H3. The molecule has 1 heterocycles. The Morgan fingerprint density at radius 3 is 2.71 bits per heavy atom. The van der Waals surface area contributed by atoms with E-state index in [0.29, 0.717) is 17.9 Å². The zero-order valence-corrected chi connectivity index (χ0v) is 13.0. The van der Waals surface area contributed by atoms with Crippen LogP contribution in [0.2, 0.25) is 0 Å². The van der Waals surface area contributed by atoms with Crippen molar-refractivity contribution in [2.75, 3.05) is 13.7 Å². The van der Waals surface area contributed by atoms with Crippen molar-refractivity contribution in [1.82, 2.24) is 4.90 Å². The van der Waals surface area contributed by atoms with Crippen molar-refractivity contribution in [2.45, 2.75) is 51.0 Å². The van der Waals surface area contributed by atoms with E-state index >= 15 is 0 Å². The van der Waals surface area contributed by atoms with Crippen molar-refractivity contribution in [3.63, 3.8) is 0 Å². The van der Waals surface area contributed by atoms with Crippen molar-refractivity contribution >= 4 is 5.91 Å². The van der Waals surface area contributed by atoms with Crippen LogP contribution < -0.4 is 4.74 Å². The molecular weight excluding hydrogens is 262 g/mol. The molecule has 1 saturated heterocycles. The first-order valence-corrected chi connectivity index (χ1v) is 8.19. The molecule has 1 aromatic carbocycles. The molecule has 21 heavy (non-hydrogen) atoms. The number of ether oxygens (including phenoxy) is 1. The van der Waals surface area contributed by atoms with E-state index in [1.165, 1.54) is 24.8 Å². The lowest BCUT2D eigenvalue weighted by Crippen LogP contribution is -2.44. The molecule has 1 aromatic rings. The average Bonchev–Trinajstić information content (AvgIpc) is 3.35. The Labute approximate surface area is 127 Å². The number of amides is 1. The Kier molecular flexibility index (Phi) is 4.18. The monoisotopic (exact) mass is 287 g/mol. The van der Waals surface area contributed by atoms with Crippen LogP contribution in [0.25, 0.3) is 0 Å². The largest absolute Gasteiger partial charge is 0.497 e. The van der Waals surface area contributed by atoms with Gasteiger partial charge in [0, 0.05) is 18.5 Å². The summed E-state index contributed by atoms with van der Waals surface area (Å²) in [5.41, 5.74) is 1.28. The maximum absolute atomic E-state index is 12.7. The quantitative estimate of drug-likeness (QED) is 0.847.